The lowest BCUT2D eigenvalue weighted by atomic mass is 10.0. The SMILES string of the molecule is O=C(C[C@H]1CCCCN1S(=O)(=O)c1cccs1)Nc1ccccc1C(F)(F)F. The van der Waals surface area contributed by atoms with Gasteiger partial charge in [0.15, 0.2) is 0 Å². The molecule has 1 fully saturated rings. The van der Waals surface area contributed by atoms with Gasteiger partial charge >= 0.3 is 6.18 Å². The number of carbonyl (C=O) groups excluding carboxylic acids is 1. The van der Waals surface area contributed by atoms with Gasteiger partial charge in [-0.3, -0.25) is 4.79 Å². The summed E-state index contributed by atoms with van der Waals surface area (Å²) in [6, 6.07) is 7.28. The van der Waals surface area contributed by atoms with Crippen LogP contribution < -0.4 is 5.32 Å². The van der Waals surface area contributed by atoms with Crippen molar-refractivity contribution in [3.8, 4) is 0 Å². The highest BCUT2D eigenvalue weighted by Crippen LogP contribution is 2.35. The normalized spacial score (nSPS) is 18.8. The summed E-state index contributed by atoms with van der Waals surface area (Å²) in [6.07, 6.45) is -2.87. The van der Waals surface area contributed by atoms with Crippen LogP contribution in [0.25, 0.3) is 0 Å². The predicted molar refractivity (Wildman–Crippen MR) is 101 cm³/mol. The molecule has 152 valence electrons. The number of hydrogen-bond donors (Lipinski definition) is 1. The quantitative estimate of drug-likeness (QED) is 0.764. The lowest BCUT2D eigenvalue weighted by Crippen LogP contribution is -2.45. The minimum atomic E-state index is -4.59. The van der Waals surface area contributed by atoms with Crippen LogP contribution in [-0.2, 0) is 21.0 Å². The number of anilines is 1. The van der Waals surface area contributed by atoms with E-state index < -0.39 is 33.7 Å². The van der Waals surface area contributed by atoms with E-state index in [4.69, 9.17) is 0 Å². The molecule has 10 heteroatoms. The number of amides is 1. The van der Waals surface area contributed by atoms with E-state index in [0.717, 1.165) is 23.8 Å². The van der Waals surface area contributed by atoms with E-state index in [1.165, 1.54) is 28.6 Å². The van der Waals surface area contributed by atoms with Gasteiger partial charge in [0, 0.05) is 19.0 Å². The number of nitrogens with zero attached hydrogens (tertiary/aromatic N) is 1. The Bertz CT molecular complexity index is 928. The smallest absolute Gasteiger partial charge is 0.325 e. The number of thiophene rings is 1. The van der Waals surface area contributed by atoms with Crippen LogP contribution in [0, 0.1) is 0 Å². The molecule has 1 N–H and O–H groups in total. The first-order valence-corrected chi connectivity index (χ1v) is 11.0. The van der Waals surface area contributed by atoms with Gasteiger partial charge in [0.1, 0.15) is 4.21 Å². The van der Waals surface area contributed by atoms with Crippen molar-refractivity contribution in [3.05, 3.63) is 47.3 Å². The number of sulfonamides is 1. The molecule has 0 saturated carbocycles. The highest BCUT2D eigenvalue weighted by molar-refractivity contribution is 7.91. The fourth-order valence-corrected chi connectivity index (χ4v) is 6.09. The van der Waals surface area contributed by atoms with Crippen LogP contribution in [0.1, 0.15) is 31.2 Å². The van der Waals surface area contributed by atoms with E-state index in [9.17, 15) is 26.4 Å². The van der Waals surface area contributed by atoms with E-state index in [-0.39, 0.29) is 22.9 Å². The third-order valence-corrected chi connectivity index (χ3v) is 7.88. The molecule has 28 heavy (non-hydrogen) atoms. The summed E-state index contributed by atoms with van der Waals surface area (Å²) >= 11 is 1.10. The van der Waals surface area contributed by atoms with Crippen LogP contribution >= 0.6 is 11.3 Å². The number of alkyl halides is 3. The van der Waals surface area contributed by atoms with E-state index in [2.05, 4.69) is 5.32 Å². The van der Waals surface area contributed by atoms with Crippen molar-refractivity contribution in [1.82, 2.24) is 4.31 Å². The Morgan fingerprint density at radius 1 is 1.18 bits per heavy atom. The second-order valence-corrected chi connectivity index (χ2v) is 9.56. The summed E-state index contributed by atoms with van der Waals surface area (Å²) in [6.45, 7) is 0.289. The molecule has 1 aromatic carbocycles. The number of nitrogens with one attached hydrogen (secondary N) is 1. The summed E-state index contributed by atoms with van der Waals surface area (Å²) in [5, 5.41) is 3.95. The third-order valence-electron chi connectivity index (χ3n) is 4.56. The number of benzene rings is 1. The second kappa shape index (κ2) is 8.22. The molecule has 0 aliphatic carbocycles. The molecule has 3 rings (SSSR count). The van der Waals surface area contributed by atoms with Gasteiger partial charge in [-0.2, -0.15) is 17.5 Å². The van der Waals surface area contributed by atoms with Gasteiger partial charge in [0.05, 0.1) is 11.3 Å². The Morgan fingerprint density at radius 2 is 1.93 bits per heavy atom. The molecule has 1 aliphatic heterocycles. The molecule has 0 radical (unpaired) electrons. The Labute approximate surface area is 165 Å². The Hall–Kier alpha value is -1.91. The van der Waals surface area contributed by atoms with Gasteiger partial charge in [-0.25, -0.2) is 8.42 Å². The molecule has 5 nitrogen and oxygen atoms in total. The molecule has 0 unspecified atom stereocenters. The first-order chi connectivity index (χ1) is 13.2. The van der Waals surface area contributed by atoms with Crippen LogP contribution in [0.2, 0.25) is 0 Å². The summed E-state index contributed by atoms with van der Waals surface area (Å²) in [4.78, 5) is 12.4. The predicted octanol–water partition coefficient (Wildman–Crippen LogP) is 4.34. The van der Waals surface area contributed by atoms with Gasteiger partial charge in [-0.15, -0.1) is 11.3 Å². The van der Waals surface area contributed by atoms with E-state index in [0.29, 0.717) is 12.8 Å². The molecule has 1 atom stereocenters. The molecule has 1 saturated heterocycles. The largest absolute Gasteiger partial charge is 0.418 e. The first-order valence-electron chi connectivity index (χ1n) is 8.71. The lowest BCUT2D eigenvalue weighted by molar-refractivity contribution is -0.137. The highest BCUT2D eigenvalue weighted by Gasteiger charge is 2.36. The minimum absolute atomic E-state index is 0.197. The topological polar surface area (TPSA) is 66.5 Å². The molecule has 1 aliphatic rings. The Morgan fingerprint density at radius 3 is 2.61 bits per heavy atom. The molecule has 1 aromatic heterocycles. The molecular weight excluding hydrogens is 413 g/mol. The summed E-state index contributed by atoms with van der Waals surface area (Å²) in [7, 11) is -3.73. The average Bonchev–Trinajstić information content (AvgIpc) is 3.17. The zero-order valence-electron chi connectivity index (χ0n) is 14.8. The van der Waals surface area contributed by atoms with Gasteiger partial charge in [0.25, 0.3) is 10.0 Å². The number of para-hydroxylation sites is 1. The van der Waals surface area contributed by atoms with E-state index in [1.807, 2.05) is 0 Å². The van der Waals surface area contributed by atoms with Crippen molar-refractivity contribution in [2.45, 2.75) is 42.1 Å². The van der Waals surface area contributed by atoms with Crippen LogP contribution in [-0.4, -0.2) is 31.2 Å². The van der Waals surface area contributed by atoms with Crippen molar-refractivity contribution in [1.29, 1.82) is 0 Å². The average molecular weight is 432 g/mol. The minimum Gasteiger partial charge on any atom is -0.325 e. The third kappa shape index (κ3) is 4.56. The number of halogens is 3. The van der Waals surface area contributed by atoms with E-state index >= 15 is 0 Å². The summed E-state index contributed by atoms with van der Waals surface area (Å²) in [5.74, 6) is -0.644. The number of piperidine rings is 1. The number of carbonyl (C=O) groups is 1. The molecule has 0 spiro atoms. The standard InChI is InChI=1S/C18H19F3N2O3S2/c19-18(20,21)14-7-1-2-8-15(14)22-16(24)12-13-6-3-4-10-23(13)28(25,26)17-9-5-11-27-17/h1-2,5,7-9,11,13H,3-4,6,10,12H2,(H,22,24)/t13-/m1/s1. The molecular formula is C18H19F3N2O3S2. The van der Waals surface area contributed by atoms with Crippen molar-refractivity contribution >= 4 is 33.0 Å². The zero-order valence-corrected chi connectivity index (χ0v) is 16.4. The monoisotopic (exact) mass is 432 g/mol. The molecule has 0 bridgehead atoms. The van der Waals surface area contributed by atoms with Crippen molar-refractivity contribution in [2.24, 2.45) is 0 Å². The first kappa shape index (κ1) is 20.8. The maximum absolute atomic E-state index is 13.1. The van der Waals surface area contributed by atoms with Crippen LogP contribution in [0.4, 0.5) is 18.9 Å². The lowest BCUT2D eigenvalue weighted by Gasteiger charge is -2.34. The maximum atomic E-state index is 13.1. The highest BCUT2D eigenvalue weighted by atomic mass is 32.2. The van der Waals surface area contributed by atoms with Gasteiger partial charge in [-0.1, -0.05) is 24.6 Å². The zero-order chi connectivity index (χ0) is 20.4. The van der Waals surface area contributed by atoms with Crippen molar-refractivity contribution in [2.75, 3.05) is 11.9 Å². The molecule has 2 aromatic rings. The van der Waals surface area contributed by atoms with Crippen LogP contribution in [0.15, 0.2) is 46.0 Å². The van der Waals surface area contributed by atoms with Crippen molar-refractivity contribution < 1.29 is 26.4 Å². The summed E-state index contributed by atoms with van der Waals surface area (Å²) < 4.78 is 66.5. The maximum Gasteiger partial charge on any atom is 0.418 e. The molecule has 1 amide bonds. The molecule has 2 heterocycles. The number of rotatable bonds is 5. The number of hydrogen-bond acceptors (Lipinski definition) is 4. The van der Waals surface area contributed by atoms with E-state index in [1.54, 1.807) is 11.4 Å². The van der Waals surface area contributed by atoms with Gasteiger partial charge in [-0.05, 0) is 36.4 Å². The Kier molecular flexibility index (Phi) is 6.11. The van der Waals surface area contributed by atoms with Crippen LogP contribution in [0.3, 0.4) is 0 Å². The Balaban J connectivity index is 1.76. The van der Waals surface area contributed by atoms with Gasteiger partial charge < -0.3 is 5.32 Å². The van der Waals surface area contributed by atoms with Gasteiger partial charge in [0.2, 0.25) is 5.91 Å². The van der Waals surface area contributed by atoms with Crippen molar-refractivity contribution in [3.63, 3.8) is 0 Å². The fraction of sp³-hybridized carbons (Fsp3) is 0.389. The summed E-state index contributed by atoms with van der Waals surface area (Å²) in [5.41, 5.74) is -1.27. The fourth-order valence-electron chi connectivity index (χ4n) is 3.27. The second-order valence-electron chi connectivity index (χ2n) is 6.49. The van der Waals surface area contributed by atoms with Crippen LogP contribution in [0.5, 0.6) is 0 Å².